The molecule has 11 nitrogen and oxygen atoms in total. The predicted molar refractivity (Wildman–Crippen MR) is 151 cm³/mol. The van der Waals surface area contributed by atoms with Crippen molar-refractivity contribution in [3.8, 4) is 11.5 Å². The minimum absolute atomic E-state index is 0.0816. The average Bonchev–Trinajstić information content (AvgIpc) is 3.43. The molecule has 0 bridgehead atoms. The van der Waals surface area contributed by atoms with Crippen molar-refractivity contribution in [3.05, 3.63) is 83.9 Å². The Morgan fingerprint density at radius 3 is 2.48 bits per heavy atom. The molecule has 0 saturated carbocycles. The minimum atomic E-state index is -4.37. The van der Waals surface area contributed by atoms with Crippen LogP contribution in [0.1, 0.15) is 17.0 Å². The van der Waals surface area contributed by atoms with E-state index in [0.717, 1.165) is 11.8 Å². The molecule has 208 valence electrons. The molecule has 1 heterocycles. The van der Waals surface area contributed by atoms with Crippen LogP contribution in [0, 0.1) is 5.41 Å². The van der Waals surface area contributed by atoms with Crippen molar-refractivity contribution >= 4 is 40.1 Å². The van der Waals surface area contributed by atoms with E-state index in [9.17, 15) is 18.0 Å². The van der Waals surface area contributed by atoms with Gasteiger partial charge in [-0.15, -0.1) is 0 Å². The van der Waals surface area contributed by atoms with Crippen molar-refractivity contribution in [1.82, 2.24) is 10.0 Å². The summed E-state index contributed by atoms with van der Waals surface area (Å²) in [6.07, 6.45) is 2.60. The smallest absolute Gasteiger partial charge is 0.329 e. The van der Waals surface area contributed by atoms with Gasteiger partial charge in [-0.05, 0) is 29.3 Å². The largest absolute Gasteiger partial charge is 0.454 e. The molecule has 1 aliphatic heterocycles. The number of sulfonamides is 1. The van der Waals surface area contributed by atoms with Crippen LogP contribution < -0.4 is 24.4 Å². The van der Waals surface area contributed by atoms with Gasteiger partial charge in [-0.1, -0.05) is 48.5 Å². The van der Waals surface area contributed by atoms with E-state index in [0.29, 0.717) is 17.2 Å². The lowest BCUT2D eigenvalue weighted by atomic mass is 10.0. The first-order valence-corrected chi connectivity index (χ1v) is 13.8. The SMILES string of the molecule is CN=CC(C=N)c1ccccc1S(=O)(=O)NC(=O)NC(Cc1ccccc1)C(=O)N(C)c1ccc2c(c1)OCO2. The van der Waals surface area contributed by atoms with Crippen LogP contribution in [-0.4, -0.2) is 59.7 Å². The maximum atomic E-state index is 13.6. The van der Waals surface area contributed by atoms with Gasteiger partial charge in [-0.3, -0.25) is 9.79 Å². The van der Waals surface area contributed by atoms with Crippen LogP contribution in [0.3, 0.4) is 0 Å². The van der Waals surface area contributed by atoms with Crippen molar-refractivity contribution in [2.75, 3.05) is 25.8 Å². The highest BCUT2D eigenvalue weighted by Crippen LogP contribution is 2.35. The molecule has 3 aromatic carbocycles. The first kappa shape index (κ1) is 28.3. The molecule has 2 unspecified atom stereocenters. The molecule has 3 aromatic rings. The molecule has 12 heteroatoms. The Labute approximate surface area is 232 Å². The standard InChI is InChI=1S/C28H29N5O6S/c1-30-17-20(16-29)22-10-6-7-11-26(22)40(36,37)32-28(35)31-23(14-19-8-4-3-5-9-19)27(34)33(2)21-12-13-24-25(15-21)39-18-38-24/h3-13,15-17,20,23,29H,14,18H2,1-2H3,(H2,31,32,35). The predicted octanol–water partition coefficient (Wildman–Crippen LogP) is 3.11. The quantitative estimate of drug-likeness (QED) is 0.323. The van der Waals surface area contributed by atoms with E-state index in [-0.39, 0.29) is 23.7 Å². The molecule has 0 aliphatic carbocycles. The molecule has 0 fully saturated rings. The second-order valence-corrected chi connectivity index (χ2v) is 10.5. The monoisotopic (exact) mass is 563 g/mol. The number of amides is 3. The van der Waals surface area contributed by atoms with Gasteiger partial charge < -0.3 is 25.1 Å². The van der Waals surface area contributed by atoms with Crippen LogP contribution in [0.15, 0.2) is 82.7 Å². The van der Waals surface area contributed by atoms with E-state index < -0.39 is 33.9 Å². The van der Waals surface area contributed by atoms with Crippen LogP contribution in [0.4, 0.5) is 10.5 Å². The maximum Gasteiger partial charge on any atom is 0.329 e. The van der Waals surface area contributed by atoms with E-state index in [1.807, 2.05) is 10.8 Å². The number of aliphatic imine (C=N–C) groups is 1. The van der Waals surface area contributed by atoms with E-state index in [4.69, 9.17) is 14.9 Å². The van der Waals surface area contributed by atoms with Crippen molar-refractivity contribution < 1.29 is 27.5 Å². The highest BCUT2D eigenvalue weighted by molar-refractivity contribution is 7.90. The zero-order chi connectivity index (χ0) is 28.7. The second kappa shape index (κ2) is 12.4. The topological polar surface area (TPSA) is 150 Å². The number of nitrogens with zero attached hydrogens (tertiary/aromatic N) is 2. The van der Waals surface area contributed by atoms with Crippen LogP contribution in [0.2, 0.25) is 0 Å². The Morgan fingerprint density at radius 1 is 1.05 bits per heavy atom. The Kier molecular flexibility index (Phi) is 8.80. The summed E-state index contributed by atoms with van der Waals surface area (Å²) < 4.78 is 39.3. The summed E-state index contributed by atoms with van der Waals surface area (Å²) in [6, 6.07) is 17.9. The maximum absolute atomic E-state index is 13.6. The molecule has 0 aromatic heterocycles. The molecular formula is C28H29N5O6S. The first-order valence-electron chi connectivity index (χ1n) is 12.3. The lowest BCUT2D eigenvalue weighted by Crippen LogP contribution is -2.52. The third-order valence-electron chi connectivity index (χ3n) is 6.24. The van der Waals surface area contributed by atoms with E-state index in [2.05, 4.69) is 10.3 Å². The zero-order valence-corrected chi connectivity index (χ0v) is 22.7. The lowest BCUT2D eigenvalue weighted by molar-refractivity contribution is -0.120. The fraction of sp³-hybridized carbons (Fsp3) is 0.214. The van der Waals surface area contributed by atoms with Gasteiger partial charge in [0.15, 0.2) is 11.5 Å². The van der Waals surface area contributed by atoms with Crippen molar-refractivity contribution in [2.24, 2.45) is 4.99 Å². The van der Waals surface area contributed by atoms with Gasteiger partial charge in [-0.2, -0.15) is 0 Å². The lowest BCUT2D eigenvalue weighted by Gasteiger charge is -2.25. The molecule has 3 N–H and O–H groups in total. The summed E-state index contributed by atoms with van der Waals surface area (Å²) in [6.45, 7) is 0.0816. The summed E-state index contributed by atoms with van der Waals surface area (Å²) in [5, 5.41) is 10.2. The minimum Gasteiger partial charge on any atom is -0.454 e. The summed E-state index contributed by atoms with van der Waals surface area (Å²) >= 11 is 0. The van der Waals surface area contributed by atoms with Crippen LogP contribution >= 0.6 is 0 Å². The van der Waals surface area contributed by atoms with E-state index in [1.54, 1.807) is 61.6 Å². The molecule has 4 rings (SSSR count). The normalized spacial score (nSPS) is 13.8. The number of anilines is 1. The summed E-state index contributed by atoms with van der Waals surface area (Å²) in [5.41, 5.74) is 1.55. The van der Waals surface area contributed by atoms with E-state index >= 15 is 0 Å². The van der Waals surface area contributed by atoms with Gasteiger partial charge in [0.2, 0.25) is 12.7 Å². The van der Waals surface area contributed by atoms with Crippen molar-refractivity contribution in [3.63, 3.8) is 0 Å². The number of urea groups is 1. The zero-order valence-electron chi connectivity index (χ0n) is 21.9. The highest BCUT2D eigenvalue weighted by Gasteiger charge is 2.29. The number of benzene rings is 3. The van der Waals surface area contributed by atoms with E-state index in [1.165, 1.54) is 30.3 Å². The number of hydrogen-bond donors (Lipinski definition) is 3. The number of rotatable bonds is 10. The van der Waals surface area contributed by atoms with Gasteiger partial charge in [0.25, 0.3) is 10.0 Å². The van der Waals surface area contributed by atoms with Crippen LogP contribution in [0.5, 0.6) is 11.5 Å². The van der Waals surface area contributed by atoms with Gasteiger partial charge in [-0.25, -0.2) is 17.9 Å². The highest BCUT2D eigenvalue weighted by atomic mass is 32.2. The second-order valence-electron chi connectivity index (χ2n) is 8.89. The number of carbonyl (C=O) groups is 2. The summed E-state index contributed by atoms with van der Waals surface area (Å²) in [7, 11) is -1.30. The number of carbonyl (C=O) groups excluding carboxylic acids is 2. The van der Waals surface area contributed by atoms with Crippen molar-refractivity contribution in [2.45, 2.75) is 23.3 Å². The molecule has 0 spiro atoms. The molecular weight excluding hydrogens is 534 g/mol. The number of hydrogen-bond acceptors (Lipinski definition) is 8. The van der Waals surface area contributed by atoms with Gasteiger partial charge in [0, 0.05) is 44.7 Å². The third kappa shape index (κ3) is 6.46. The Morgan fingerprint density at radius 2 is 1.75 bits per heavy atom. The average molecular weight is 564 g/mol. The fourth-order valence-electron chi connectivity index (χ4n) is 4.24. The fourth-order valence-corrected chi connectivity index (χ4v) is 5.43. The van der Waals surface area contributed by atoms with Gasteiger partial charge in [0.05, 0.1) is 10.8 Å². The molecule has 1 aliphatic rings. The number of likely N-dealkylation sites (N-methyl/N-ethyl adjacent to an activating group) is 1. The Bertz CT molecular complexity index is 1530. The van der Waals surface area contributed by atoms with Crippen LogP contribution in [0.25, 0.3) is 0 Å². The molecule has 40 heavy (non-hydrogen) atoms. The van der Waals surface area contributed by atoms with Crippen molar-refractivity contribution in [1.29, 1.82) is 5.41 Å². The number of fused-ring (bicyclic) bond motifs is 1. The Hall–Kier alpha value is -4.71. The third-order valence-corrected chi connectivity index (χ3v) is 7.65. The molecule has 0 radical (unpaired) electrons. The summed E-state index contributed by atoms with van der Waals surface area (Å²) in [4.78, 5) is 31.7. The Balaban J connectivity index is 1.57. The number of ether oxygens (including phenoxy) is 2. The number of nitrogens with one attached hydrogen (secondary N) is 3. The molecule has 0 saturated heterocycles. The van der Waals surface area contributed by atoms with Crippen LogP contribution in [-0.2, 0) is 21.2 Å². The molecule has 2 atom stereocenters. The summed E-state index contributed by atoms with van der Waals surface area (Å²) in [5.74, 6) is -0.130. The van der Waals surface area contributed by atoms with Gasteiger partial charge in [0.1, 0.15) is 6.04 Å². The molecule has 3 amide bonds. The van der Waals surface area contributed by atoms with Gasteiger partial charge >= 0.3 is 6.03 Å². The first-order chi connectivity index (χ1) is 19.2.